The van der Waals surface area contributed by atoms with Gasteiger partial charge in [0.25, 0.3) is 5.91 Å². The van der Waals surface area contributed by atoms with Crippen molar-refractivity contribution in [3.8, 4) is 11.5 Å². The zero-order chi connectivity index (χ0) is 21.7. The average Bonchev–Trinajstić information content (AvgIpc) is 3.23. The zero-order valence-electron chi connectivity index (χ0n) is 17.6. The minimum Gasteiger partial charge on any atom is -0.482 e. The van der Waals surface area contributed by atoms with Gasteiger partial charge >= 0.3 is 0 Å². The molecule has 0 unspecified atom stereocenters. The molecule has 0 spiro atoms. The van der Waals surface area contributed by atoms with E-state index >= 15 is 0 Å². The maximum Gasteiger partial charge on any atom is 0.270 e. The molecular weight excluding hydrogens is 406 g/mol. The number of nitrogens with zero attached hydrogens (tertiary/aromatic N) is 2. The Balaban J connectivity index is 1.61. The Labute approximate surface area is 176 Å². The van der Waals surface area contributed by atoms with Gasteiger partial charge in [-0.2, -0.15) is 5.10 Å². The lowest BCUT2D eigenvalue weighted by Gasteiger charge is -2.31. The quantitative estimate of drug-likeness (QED) is 0.799. The van der Waals surface area contributed by atoms with Crippen molar-refractivity contribution in [1.29, 1.82) is 0 Å². The minimum absolute atomic E-state index is 0.0218. The summed E-state index contributed by atoms with van der Waals surface area (Å²) in [6.07, 6.45) is -0.845. The predicted molar refractivity (Wildman–Crippen MR) is 113 cm³/mol. The highest BCUT2D eigenvalue weighted by atomic mass is 32.2. The Bertz CT molecular complexity index is 1070. The van der Waals surface area contributed by atoms with Gasteiger partial charge < -0.3 is 14.8 Å². The molecule has 1 saturated heterocycles. The molecule has 2 aliphatic heterocycles. The number of benzene rings is 1. The van der Waals surface area contributed by atoms with E-state index in [1.165, 1.54) is 0 Å². The lowest BCUT2D eigenvalue weighted by atomic mass is 9.92. The summed E-state index contributed by atoms with van der Waals surface area (Å²) < 4.78 is 37.4. The molecule has 0 bridgehead atoms. The molecule has 2 aromatic rings. The maximum atomic E-state index is 13.1. The molecule has 3 heterocycles. The highest BCUT2D eigenvalue weighted by Gasteiger charge is 2.37. The molecule has 0 saturated carbocycles. The predicted octanol–water partition coefficient (Wildman–Crippen LogP) is 2.71. The van der Waals surface area contributed by atoms with Gasteiger partial charge in [0.1, 0.15) is 11.9 Å². The molecule has 1 N–H and O–H groups in total. The third kappa shape index (κ3) is 4.03. The van der Waals surface area contributed by atoms with E-state index in [1.807, 2.05) is 39.0 Å². The number of aromatic nitrogens is 2. The van der Waals surface area contributed by atoms with E-state index in [0.717, 1.165) is 5.69 Å². The topological polar surface area (TPSA) is 99.5 Å². The third-order valence-corrected chi connectivity index (χ3v) is 7.16. The minimum atomic E-state index is -3.10. The van der Waals surface area contributed by atoms with Gasteiger partial charge in [-0.3, -0.25) is 4.79 Å². The van der Waals surface area contributed by atoms with E-state index < -0.39 is 22.0 Å². The second-order valence-electron chi connectivity index (χ2n) is 8.96. The van der Waals surface area contributed by atoms with Crippen LogP contribution in [0.1, 0.15) is 45.9 Å². The fourth-order valence-electron chi connectivity index (χ4n) is 3.70. The summed E-state index contributed by atoms with van der Waals surface area (Å²) in [7, 11) is -3.10. The van der Waals surface area contributed by atoms with Crippen molar-refractivity contribution in [3.63, 3.8) is 0 Å². The van der Waals surface area contributed by atoms with Gasteiger partial charge in [-0.25, -0.2) is 13.1 Å². The molecule has 1 amide bonds. The number of hydrogen-bond acceptors (Lipinski definition) is 6. The summed E-state index contributed by atoms with van der Waals surface area (Å²) in [5.41, 5.74) is 0.528. The van der Waals surface area contributed by atoms with Crippen LogP contribution in [0.5, 0.6) is 11.5 Å². The van der Waals surface area contributed by atoms with Crippen LogP contribution in [0.3, 0.4) is 0 Å². The molecule has 1 fully saturated rings. The van der Waals surface area contributed by atoms with Crippen LogP contribution >= 0.6 is 0 Å². The number of rotatable bonds is 3. The number of amides is 1. The Morgan fingerprint density at radius 1 is 1.20 bits per heavy atom. The second-order valence-corrected chi connectivity index (χ2v) is 11.2. The van der Waals surface area contributed by atoms with Gasteiger partial charge in [0.2, 0.25) is 6.10 Å². The molecule has 1 aromatic carbocycles. The Morgan fingerprint density at radius 3 is 2.47 bits per heavy atom. The first-order chi connectivity index (χ1) is 14.0. The molecule has 1 aromatic heterocycles. The Hall–Kier alpha value is -2.55. The van der Waals surface area contributed by atoms with Gasteiger partial charge in [0.05, 0.1) is 23.2 Å². The first-order valence-corrected chi connectivity index (χ1v) is 11.9. The van der Waals surface area contributed by atoms with Crippen molar-refractivity contribution >= 4 is 21.6 Å². The molecular formula is C21H27N3O5S. The highest BCUT2D eigenvalue weighted by Crippen LogP contribution is 2.35. The number of anilines is 1. The third-order valence-electron chi connectivity index (χ3n) is 5.41. The van der Waals surface area contributed by atoms with Gasteiger partial charge in [0, 0.05) is 11.5 Å². The summed E-state index contributed by atoms with van der Waals surface area (Å²) in [5, 5.41) is 7.55. The average molecular weight is 434 g/mol. The number of carbonyl (C=O) groups is 1. The summed E-state index contributed by atoms with van der Waals surface area (Å²) in [6, 6.07) is 8.72. The monoisotopic (exact) mass is 433 g/mol. The van der Waals surface area contributed by atoms with Crippen LogP contribution in [0.2, 0.25) is 0 Å². The molecule has 2 aliphatic rings. The summed E-state index contributed by atoms with van der Waals surface area (Å²) >= 11 is 0. The van der Waals surface area contributed by atoms with Crippen LogP contribution < -0.4 is 14.8 Å². The van der Waals surface area contributed by atoms with E-state index in [-0.39, 0.29) is 28.9 Å². The molecule has 0 radical (unpaired) electrons. The molecule has 8 nitrogen and oxygen atoms in total. The largest absolute Gasteiger partial charge is 0.482 e. The van der Waals surface area contributed by atoms with Crippen molar-refractivity contribution in [2.45, 2.75) is 57.8 Å². The van der Waals surface area contributed by atoms with E-state index in [2.05, 4.69) is 10.4 Å². The molecule has 3 atom stereocenters. The van der Waals surface area contributed by atoms with Crippen LogP contribution in [0.4, 0.5) is 5.82 Å². The number of hydrogen-bond donors (Lipinski definition) is 1. The molecule has 0 aliphatic carbocycles. The fourth-order valence-corrected chi connectivity index (χ4v) is 5.40. The zero-order valence-corrected chi connectivity index (χ0v) is 18.4. The maximum absolute atomic E-state index is 13.1. The number of carbonyl (C=O) groups excluding carboxylic acids is 1. The molecule has 162 valence electrons. The molecule has 4 rings (SSSR count). The van der Waals surface area contributed by atoms with Crippen LogP contribution in [-0.4, -0.2) is 47.8 Å². The van der Waals surface area contributed by atoms with Crippen LogP contribution in [0.25, 0.3) is 0 Å². The van der Waals surface area contributed by atoms with Crippen molar-refractivity contribution in [2.75, 3.05) is 16.8 Å². The SMILES string of the molecule is C[C@@H]1Oc2ccccc2O[C@H]1C(=O)Nc1cc(C(C)(C)C)nn1[C@H]1CCS(=O)(=O)C1. The summed E-state index contributed by atoms with van der Waals surface area (Å²) in [5.74, 6) is 1.38. The van der Waals surface area contributed by atoms with Crippen LogP contribution in [0, 0.1) is 0 Å². The lowest BCUT2D eigenvalue weighted by Crippen LogP contribution is -2.46. The van der Waals surface area contributed by atoms with Gasteiger partial charge in [0.15, 0.2) is 21.3 Å². The summed E-state index contributed by atoms with van der Waals surface area (Å²) in [6.45, 7) is 7.84. The first-order valence-electron chi connectivity index (χ1n) is 10.1. The Kier molecular flexibility index (Phi) is 5.04. The second kappa shape index (κ2) is 7.30. The lowest BCUT2D eigenvalue weighted by molar-refractivity contribution is -0.128. The number of sulfone groups is 1. The highest BCUT2D eigenvalue weighted by molar-refractivity contribution is 7.91. The van der Waals surface area contributed by atoms with Crippen molar-refractivity contribution in [1.82, 2.24) is 9.78 Å². The van der Waals surface area contributed by atoms with E-state index in [0.29, 0.717) is 23.7 Å². The number of fused-ring (bicyclic) bond motifs is 1. The number of para-hydroxylation sites is 2. The Morgan fingerprint density at radius 2 is 1.87 bits per heavy atom. The molecule has 9 heteroatoms. The fraction of sp³-hybridized carbons (Fsp3) is 0.524. The van der Waals surface area contributed by atoms with E-state index in [9.17, 15) is 13.2 Å². The first kappa shape index (κ1) is 20.7. The van der Waals surface area contributed by atoms with E-state index in [4.69, 9.17) is 9.47 Å². The van der Waals surface area contributed by atoms with Gasteiger partial charge in [-0.05, 0) is 25.5 Å². The van der Waals surface area contributed by atoms with Crippen molar-refractivity contribution < 1.29 is 22.7 Å². The van der Waals surface area contributed by atoms with Crippen molar-refractivity contribution in [2.24, 2.45) is 0 Å². The van der Waals surface area contributed by atoms with Gasteiger partial charge in [-0.15, -0.1) is 0 Å². The molecule has 30 heavy (non-hydrogen) atoms. The van der Waals surface area contributed by atoms with Crippen LogP contribution in [0.15, 0.2) is 30.3 Å². The van der Waals surface area contributed by atoms with Crippen LogP contribution in [-0.2, 0) is 20.0 Å². The van der Waals surface area contributed by atoms with E-state index in [1.54, 1.807) is 23.7 Å². The van der Waals surface area contributed by atoms with Gasteiger partial charge in [-0.1, -0.05) is 32.9 Å². The smallest absolute Gasteiger partial charge is 0.270 e. The standard InChI is InChI=1S/C21H27N3O5S/c1-13-19(29-16-8-6-5-7-15(16)28-13)20(25)22-18-11-17(21(2,3)4)23-24(18)14-9-10-30(26,27)12-14/h5-8,11,13-14,19H,9-10,12H2,1-4H3,(H,22,25)/t13-,14-,19+/m0/s1. The summed E-state index contributed by atoms with van der Waals surface area (Å²) in [4.78, 5) is 13.1. The number of ether oxygens (including phenoxy) is 2. The van der Waals surface area contributed by atoms with Crippen molar-refractivity contribution in [3.05, 3.63) is 36.0 Å². The normalized spacial score (nSPS) is 25.1. The number of nitrogens with one attached hydrogen (secondary N) is 1.